The fourth-order valence-corrected chi connectivity index (χ4v) is 3.29. The van der Waals surface area contributed by atoms with Crippen LogP contribution in [0.5, 0.6) is 5.75 Å². The van der Waals surface area contributed by atoms with Crippen LogP contribution in [0.4, 0.5) is 10.5 Å². The summed E-state index contributed by atoms with van der Waals surface area (Å²) in [5, 5.41) is 15.1. The molecule has 3 N–H and O–H groups in total. The van der Waals surface area contributed by atoms with Crippen molar-refractivity contribution < 1.29 is 24.2 Å². The monoisotopic (exact) mass is 455 g/mol. The Morgan fingerprint density at radius 3 is 2.18 bits per heavy atom. The topological polar surface area (TPSA) is 108 Å². The number of carbonyl (C=O) groups excluding carboxylic acids is 3. The van der Waals surface area contributed by atoms with Crippen LogP contribution in [0.3, 0.4) is 0 Å². The van der Waals surface area contributed by atoms with Crippen LogP contribution in [0, 0.1) is 6.92 Å². The van der Waals surface area contributed by atoms with Gasteiger partial charge < -0.3 is 25.4 Å². The fourth-order valence-electron chi connectivity index (χ4n) is 3.29. The maximum absolute atomic E-state index is 13.4. The van der Waals surface area contributed by atoms with E-state index in [0.29, 0.717) is 11.3 Å². The number of aryl methyl sites for hydroxylation is 1. The van der Waals surface area contributed by atoms with Gasteiger partial charge in [-0.3, -0.25) is 9.59 Å². The van der Waals surface area contributed by atoms with E-state index in [-0.39, 0.29) is 18.3 Å². The smallest absolute Gasteiger partial charge is 0.408 e. The maximum atomic E-state index is 13.4. The Hall–Kier alpha value is -3.55. The summed E-state index contributed by atoms with van der Waals surface area (Å²) in [6.45, 7) is 10.3. The van der Waals surface area contributed by atoms with Gasteiger partial charge in [-0.25, -0.2) is 4.79 Å². The van der Waals surface area contributed by atoms with Gasteiger partial charge in [-0.2, -0.15) is 0 Å². The summed E-state index contributed by atoms with van der Waals surface area (Å²) in [7, 11) is 0. The maximum Gasteiger partial charge on any atom is 0.408 e. The highest BCUT2D eigenvalue weighted by Gasteiger charge is 2.34. The van der Waals surface area contributed by atoms with Gasteiger partial charge in [0.2, 0.25) is 5.91 Å². The molecule has 8 heteroatoms. The number of hydrogen-bond donors (Lipinski definition) is 3. The number of para-hydroxylation sites is 1. The first-order chi connectivity index (χ1) is 15.4. The van der Waals surface area contributed by atoms with E-state index < -0.39 is 29.6 Å². The van der Waals surface area contributed by atoms with Crippen molar-refractivity contribution in [3.05, 3.63) is 59.7 Å². The number of ether oxygens (including phenoxy) is 1. The SMILES string of the molecule is Cc1ccccc1NC(=O)C(c1ccc(O)cc1)N(C(=O)CNC(=O)OC(C)(C)C)C(C)C. The van der Waals surface area contributed by atoms with E-state index in [0.717, 1.165) is 5.56 Å². The summed E-state index contributed by atoms with van der Waals surface area (Å²) in [5.74, 6) is -0.811. The minimum Gasteiger partial charge on any atom is -0.508 e. The molecule has 0 fully saturated rings. The Bertz CT molecular complexity index is 980. The molecule has 33 heavy (non-hydrogen) atoms. The Balaban J connectivity index is 2.34. The number of alkyl carbamates (subject to hydrolysis) is 1. The van der Waals surface area contributed by atoms with Crippen LogP contribution >= 0.6 is 0 Å². The lowest BCUT2D eigenvalue weighted by Crippen LogP contribution is -2.49. The Morgan fingerprint density at radius 2 is 1.64 bits per heavy atom. The second-order valence-corrected chi connectivity index (χ2v) is 9.05. The van der Waals surface area contributed by atoms with Gasteiger partial charge in [-0.1, -0.05) is 30.3 Å². The minimum absolute atomic E-state index is 0.0471. The van der Waals surface area contributed by atoms with Crippen molar-refractivity contribution in [3.8, 4) is 5.75 Å². The lowest BCUT2D eigenvalue weighted by atomic mass is 10.0. The molecule has 2 aromatic carbocycles. The molecule has 1 unspecified atom stereocenters. The van der Waals surface area contributed by atoms with Crippen molar-refractivity contribution in [2.45, 2.75) is 59.2 Å². The zero-order valence-corrected chi connectivity index (χ0v) is 20.0. The van der Waals surface area contributed by atoms with Crippen LogP contribution in [0.1, 0.15) is 51.8 Å². The van der Waals surface area contributed by atoms with E-state index in [1.165, 1.54) is 17.0 Å². The average molecular weight is 456 g/mol. The first-order valence-electron chi connectivity index (χ1n) is 10.8. The van der Waals surface area contributed by atoms with Crippen molar-refractivity contribution in [2.75, 3.05) is 11.9 Å². The number of anilines is 1. The zero-order valence-electron chi connectivity index (χ0n) is 20.0. The molecule has 0 aliphatic carbocycles. The highest BCUT2D eigenvalue weighted by atomic mass is 16.6. The van der Waals surface area contributed by atoms with Gasteiger partial charge >= 0.3 is 6.09 Å². The normalized spacial score (nSPS) is 12.1. The number of benzene rings is 2. The van der Waals surface area contributed by atoms with E-state index in [1.54, 1.807) is 52.8 Å². The number of hydrogen-bond acceptors (Lipinski definition) is 5. The summed E-state index contributed by atoms with van der Waals surface area (Å²) in [4.78, 5) is 40.1. The first-order valence-corrected chi connectivity index (χ1v) is 10.8. The lowest BCUT2D eigenvalue weighted by molar-refractivity contribution is -0.140. The number of nitrogens with zero attached hydrogens (tertiary/aromatic N) is 1. The van der Waals surface area contributed by atoms with Crippen molar-refractivity contribution in [1.82, 2.24) is 10.2 Å². The van der Waals surface area contributed by atoms with Crippen LogP contribution in [0.15, 0.2) is 48.5 Å². The Morgan fingerprint density at radius 1 is 1.03 bits per heavy atom. The first kappa shape index (κ1) is 25.7. The molecular formula is C25H33N3O5. The molecule has 178 valence electrons. The van der Waals surface area contributed by atoms with Gasteiger partial charge in [-0.05, 0) is 70.9 Å². The molecule has 0 spiro atoms. The molecule has 0 radical (unpaired) electrons. The fraction of sp³-hybridized carbons (Fsp3) is 0.400. The Kier molecular flexibility index (Phi) is 8.45. The van der Waals surface area contributed by atoms with Crippen molar-refractivity contribution >= 4 is 23.6 Å². The Labute approximate surface area is 194 Å². The second-order valence-electron chi connectivity index (χ2n) is 9.05. The molecule has 8 nitrogen and oxygen atoms in total. The van der Waals surface area contributed by atoms with Crippen molar-refractivity contribution in [2.24, 2.45) is 0 Å². The number of rotatable bonds is 7. The van der Waals surface area contributed by atoms with E-state index >= 15 is 0 Å². The molecule has 0 saturated heterocycles. The molecule has 0 aromatic heterocycles. The zero-order chi connectivity index (χ0) is 24.8. The molecule has 0 saturated carbocycles. The highest BCUT2D eigenvalue weighted by molar-refractivity contribution is 5.99. The van der Waals surface area contributed by atoms with Crippen LogP contribution < -0.4 is 10.6 Å². The number of phenols is 1. The van der Waals surface area contributed by atoms with Crippen molar-refractivity contribution in [3.63, 3.8) is 0 Å². The molecule has 2 rings (SSSR count). The molecule has 1 atom stereocenters. The predicted octanol–water partition coefficient (Wildman–Crippen LogP) is 4.14. The van der Waals surface area contributed by atoms with Gasteiger partial charge in [0, 0.05) is 11.7 Å². The van der Waals surface area contributed by atoms with Crippen LogP contribution in [0.2, 0.25) is 0 Å². The summed E-state index contributed by atoms with van der Waals surface area (Å²) < 4.78 is 5.20. The van der Waals surface area contributed by atoms with E-state index in [4.69, 9.17) is 4.74 Å². The third-order valence-corrected chi connectivity index (χ3v) is 4.77. The van der Waals surface area contributed by atoms with Gasteiger partial charge in [-0.15, -0.1) is 0 Å². The number of nitrogens with one attached hydrogen (secondary N) is 2. The average Bonchev–Trinajstić information content (AvgIpc) is 2.71. The minimum atomic E-state index is -0.988. The van der Waals surface area contributed by atoms with E-state index in [1.807, 2.05) is 25.1 Å². The van der Waals surface area contributed by atoms with Crippen LogP contribution in [-0.2, 0) is 14.3 Å². The van der Waals surface area contributed by atoms with Gasteiger partial charge in [0.1, 0.15) is 23.9 Å². The van der Waals surface area contributed by atoms with Gasteiger partial charge in [0.15, 0.2) is 0 Å². The molecule has 0 bridgehead atoms. The summed E-state index contributed by atoms with van der Waals surface area (Å²) in [6, 6.07) is 12.1. The van der Waals surface area contributed by atoms with Gasteiger partial charge in [0.25, 0.3) is 5.91 Å². The molecule has 3 amide bonds. The third kappa shape index (κ3) is 7.52. The van der Waals surface area contributed by atoms with Crippen LogP contribution in [-0.4, -0.2) is 46.1 Å². The van der Waals surface area contributed by atoms with Gasteiger partial charge in [0.05, 0.1) is 0 Å². The van der Waals surface area contributed by atoms with Crippen molar-refractivity contribution in [1.29, 1.82) is 0 Å². The number of phenolic OH excluding ortho intramolecular Hbond substituents is 1. The molecule has 0 aliphatic rings. The number of carbonyl (C=O) groups is 3. The molecular weight excluding hydrogens is 422 g/mol. The lowest BCUT2D eigenvalue weighted by Gasteiger charge is -2.35. The third-order valence-electron chi connectivity index (χ3n) is 4.77. The highest BCUT2D eigenvalue weighted by Crippen LogP contribution is 2.27. The largest absolute Gasteiger partial charge is 0.508 e. The molecule has 2 aromatic rings. The van der Waals surface area contributed by atoms with Crippen LogP contribution in [0.25, 0.3) is 0 Å². The predicted molar refractivity (Wildman–Crippen MR) is 127 cm³/mol. The quantitative estimate of drug-likeness (QED) is 0.581. The summed E-state index contributed by atoms with van der Waals surface area (Å²) in [5.41, 5.74) is 1.34. The second kappa shape index (κ2) is 10.8. The van der Waals surface area contributed by atoms with E-state index in [9.17, 15) is 19.5 Å². The molecule has 0 aliphatic heterocycles. The summed E-state index contributed by atoms with van der Waals surface area (Å²) in [6.07, 6.45) is -0.717. The summed E-state index contributed by atoms with van der Waals surface area (Å²) >= 11 is 0. The van der Waals surface area contributed by atoms with E-state index in [2.05, 4.69) is 10.6 Å². The standard InChI is InChI=1S/C25H33N3O5/c1-16(2)28(21(30)15-26-24(32)33-25(4,5)6)22(18-11-13-19(29)14-12-18)23(31)27-20-10-8-7-9-17(20)3/h7-14,16,22,29H,15H2,1-6H3,(H,26,32)(H,27,31). The molecule has 0 heterocycles. The number of aromatic hydroxyl groups is 1. The number of amides is 3.